The minimum absolute atomic E-state index is 0.816. The van der Waals surface area contributed by atoms with E-state index < -0.39 is 0 Å². The molecule has 0 bridgehead atoms. The fourth-order valence-corrected chi connectivity index (χ4v) is 3.63. The maximum Gasteiger partial charge on any atom is 0.0462 e. The summed E-state index contributed by atoms with van der Waals surface area (Å²) in [5.74, 6) is 1.71. The second-order valence-electron chi connectivity index (χ2n) is 5.95. The highest BCUT2D eigenvalue weighted by Crippen LogP contribution is 2.27. The van der Waals surface area contributed by atoms with Gasteiger partial charge < -0.3 is 0 Å². The molecule has 0 amide bonds. The van der Waals surface area contributed by atoms with Gasteiger partial charge in [0, 0.05) is 16.0 Å². The minimum Gasteiger partial charge on any atom is -0.299 e. The van der Waals surface area contributed by atoms with E-state index in [1.165, 1.54) is 37.9 Å². The summed E-state index contributed by atoms with van der Waals surface area (Å²) in [5.41, 5.74) is 1.24. The summed E-state index contributed by atoms with van der Waals surface area (Å²) >= 11 is 9.77. The van der Waals surface area contributed by atoms with Crippen molar-refractivity contribution in [3.8, 4) is 0 Å². The highest BCUT2D eigenvalue weighted by Gasteiger charge is 2.19. The number of hydrogen-bond donors (Lipinski definition) is 0. The molecule has 1 heterocycles. The number of nitrogens with zero attached hydrogens (tertiary/aromatic N) is 1. The van der Waals surface area contributed by atoms with Crippen LogP contribution in [0.2, 0.25) is 5.02 Å². The lowest BCUT2D eigenvalue weighted by Crippen LogP contribution is -2.24. The molecule has 1 saturated heterocycles. The molecule has 0 N–H and O–H groups in total. The first-order valence-electron chi connectivity index (χ1n) is 7.22. The summed E-state index contributed by atoms with van der Waals surface area (Å²) in [4.78, 5) is 2.55. The Bertz CT molecular complexity index is 419. The second-order valence-corrected chi connectivity index (χ2v) is 7.27. The third-order valence-corrected chi connectivity index (χ3v) is 5.06. The van der Waals surface area contributed by atoms with Gasteiger partial charge in [-0.3, -0.25) is 4.90 Å². The van der Waals surface area contributed by atoms with Crippen molar-refractivity contribution in [2.24, 2.45) is 11.8 Å². The Balaban J connectivity index is 1.96. The van der Waals surface area contributed by atoms with Crippen LogP contribution in [0.25, 0.3) is 0 Å². The molecular weight excluding hydrogens is 322 g/mol. The second kappa shape index (κ2) is 7.10. The molecule has 2 rings (SSSR count). The van der Waals surface area contributed by atoms with E-state index in [1.54, 1.807) is 0 Å². The lowest BCUT2D eigenvalue weighted by Gasteiger charge is -2.21. The Labute approximate surface area is 130 Å². The van der Waals surface area contributed by atoms with Crippen LogP contribution in [0.3, 0.4) is 0 Å². The molecule has 1 aromatic rings. The third-order valence-electron chi connectivity index (χ3n) is 4.22. The van der Waals surface area contributed by atoms with E-state index in [9.17, 15) is 0 Å². The van der Waals surface area contributed by atoms with Crippen molar-refractivity contribution in [1.29, 1.82) is 0 Å². The van der Waals surface area contributed by atoms with Crippen LogP contribution in [0.1, 0.15) is 38.7 Å². The summed E-state index contributed by atoms with van der Waals surface area (Å²) in [6.07, 6.45) is 4.02. The summed E-state index contributed by atoms with van der Waals surface area (Å²) in [6.45, 7) is 8.10. The van der Waals surface area contributed by atoms with Crippen molar-refractivity contribution in [3.63, 3.8) is 0 Å². The number of rotatable bonds is 3. The Hall–Kier alpha value is -0.0500. The van der Waals surface area contributed by atoms with Crippen molar-refractivity contribution < 1.29 is 0 Å². The maximum atomic E-state index is 6.31. The van der Waals surface area contributed by atoms with E-state index in [0.29, 0.717) is 0 Å². The molecule has 1 aliphatic heterocycles. The molecule has 106 valence electrons. The van der Waals surface area contributed by atoms with Gasteiger partial charge in [0.05, 0.1) is 0 Å². The summed E-state index contributed by atoms with van der Waals surface area (Å²) in [6, 6.07) is 6.21. The number of likely N-dealkylation sites (tertiary alicyclic amines) is 1. The molecule has 1 nitrogen and oxygen atoms in total. The van der Waals surface area contributed by atoms with Gasteiger partial charge in [-0.15, -0.1) is 0 Å². The van der Waals surface area contributed by atoms with Gasteiger partial charge >= 0.3 is 0 Å². The zero-order valence-electron chi connectivity index (χ0n) is 11.8. The van der Waals surface area contributed by atoms with Crippen LogP contribution in [-0.4, -0.2) is 18.0 Å². The van der Waals surface area contributed by atoms with Crippen LogP contribution in [0.15, 0.2) is 22.7 Å². The maximum absolute atomic E-state index is 6.31. The average molecular weight is 345 g/mol. The number of halogens is 2. The van der Waals surface area contributed by atoms with E-state index in [4.69, 9.17) is 11.6 Å². The van der Waals surface area contributed by atoms with Crippen LogP contribution in [0, 0.1) is 11.8 Å². The van der Waals surface area contributed by atoms with E-state index in [2.05, 4.69) is 46.8 Å². The molecule has 19 heavy (non-hydrogen) atoms. The molecule has 0 spiro atoms. The van der Waals surface area contributed by atoms with Gasteiger partial charge in [0.15, 0.2) is 0 Å². The van der Waals surface area contributed by atoms with Crippen molar-refractivity contribution in [2.75, 3.05) is 13.1 Å². The molecule has 0 aromatic heterocycles. The Morgan fingerprint density at radius 2 is 2.11 bits per heavy atom. The Kier molecular flexibility index (Phi) is 5.73. The summed E-state index contributed by atoms with van der Waals surface area (Å²) in [5, 5.41) is 0.874. The fraction of sp³-hybridized carbons (Fsp3) is 0.625. The molecule has 1 atom stereocenters. The molecule has 0 radical (unpaired) electrons. The van der Waals surface area contributed by atoms with Crippen molar-refractivity contribution in [2.45, 2.75) is 39.7 Å². The van der Waals surface area contributed by atoms with E-state index >= 15 is 0 Å². The average Bonchev–Trinajstić information content (AvgIpc) is 2.58. The summed E-state index contributed by atoms with van der Waals surface area (Å²) in [7, 11) is 0. The molecule has 0 aliphatic carbocycles. The van der Waals surface area contributed by atoms with Crippen LogP contribution >= 0.6 is 27.5 Å². The first kappa shape index (κ1) is 15.3. The molecule has 1 aliphatic rings. The lowest BCUT2D eigenvalue weighted by atomic mass is 9.89. The topological polar surface area (TPSA) is 3.24 Å². The largest absolute Gasteiger partial charge is 0.299 e. The van der Waals surface area contributed by atoms with Crippen LogP contribution in [0.5, 0.6) is 0 Å². The number of benzene rings is 1. The van der Waals surface area contributed by atoms with E-state index in [0.717, 1.165) is 27.9 Å². The van der Waals surface area contributed by atoms with Gasteiger partial charge in [-0.25, -0.2) is 0 Å². The van der Waals surface area contributed by atoms with Gasteiger partial charge in [0.2, 0.25) is 0 Å². The van der Waals surface area contributed by atoms with Crippen LogP contribution in [0.4, 0.5) is 0 Å². The predicted octanol–water partition coefficient (Wildman–Crippen LogP) is 5.36. The van der Waals surface area contributed by atoms with Gasteiger partial charge in [0.1, 0.15) is 0 Å². The van der Waals surface area contributed by atoms with Crippen molar-refractivity contribution >= 4 is 27.5 Å². The smallest absolute Gasteiger partial charge is 0.0462 e. The Morgan fingerprint density at radius 3 is 2.79 bits per heavy atom. The first-order chi connectivity index (χ1) is 9.06. The molecule has 1 aromatic carbocycles. The quantitative estimate of drug-likeness (QED) is 0.713. The molecule has 1 fully saturated rings. The minimum atomic E-state index is 0.816. The van der Waals surface area contributed by atoms with Crippen LogP contribution < -0.4 is 0 Å². The molecule has 3 heteroatoms. The highest BCUT2D eigenvalue weighted by molar-refractivity contribution is 9.10. The van der Waals surface area contributed by atoms with Crippen molar-refractivity contribution in [3.05, 3.63) is 33.3 Å². The number of hydrogen-bond acceptors (Lipinski definition) is 1. The summed E-state index contributed by atoms with van der Waals surface area (Å²) < 4.78 is 1.05. The van der Waals surface area contributed by atoms with Crippen molar-refractivity contribution in [1.82, 2.24) is 4.90 Å². The van der Waals surface area contributed by atoms with Crippen LogP contribution in [-0.2, 0) is 6.54 Å². The zero-order valence-corrected chi connectivity index (χ0v) is 14.2. The van der Waals surface area contributed by atoms with Gasteiger partial charge in [-0.05, 0) is 61.9 Å². The normalized spacial score (nSPS) is 21.6. The predicted molar refractivity (Wildman–Crippen MR) is 86.6 cm³/mol. The standard InChI is InChI=1S/C16H23BrClN/c1-12(2)13-4-3-8-19(9-7-13)11-14-5-6-15(17)10-16(14)18/h5-6,10,12-13H,3-4,7-9,11H2,1-2H3. The first-order valence-corrected chi connectivity index (χ1v) is 8.39. The van der Waals surface area contributed by atoms with Gasteiger partial charge in [-0.1, -0.05) is 47.4 Å². The van der Waals surface area contributed by atoms with E-state index in [-0.39, 0.29) is 0 Å². The van der Waals surface area contributed by atoms with E-state index in [1.807, 2.05) is 6.07 Å². The zero-order chi connectivity index (χ0) is 13.8. The molecule has 0 saturated carbocycles. The fourth-order valence-electron chi connectivity index (χ4n) is 2.90. The molecular formula is C16H23BrClN. The van der Waals surface area contributed by atoms with Gasteiger partial charge in [0.25, 0.3) is 0 Å². The third kappa shape index (κ3) is 4.47. The Morgan fingerprint density at radius 1 is 1.32 bits per heavy atom. The molecule has 1 unspecified atom stereocenters. The highest BCUT2D eigenvalue weighted by atomic mass is 79.9. The lowest BCUT2D eigenvalue weighted by molar-refractivity contribution is 0.265. The monoisotopic (exact) mass is 343 g/mol. The SMILES string of the molecule is CC(C)C1CCCN(Cc2ccc(Br)cc2Cl)CC1. The van der Waals surface area contributed by atoms with Gasteiger partial charge in [-0.2, -0.15) is 0 Å².